The van der Waals surface area contributed by atoms with Gasteiger partial charge in [-0.3, -0.25) is 14.7 Å². The fourth-order valence-electron chi connectivity index (χ4n) is 3.55. The molecule has 1 fully saturated rings. The molecule has 1 heterocycles. The average molecular weight is 537 g/mol. The molecule has 1 amide bonds. The summed E-state index contributed by atoms with van der Waals surface area (Å²) in [4.78, 5) is 17.7. The number of amides is 1. The van der Waals surface area contributed by atoms with Gasteiger partial charge >= 0.3 is 0 Å². The Morgan fingerprint density at radius 3 is 2.52 bits per heavy atom. The molecule has 0 bridgehead atoms. The Bertz CT molecular complexity index is 839. The lowest BCUT2D eigenvalue weighted by molar-refractivity contribution is -0.119. The first-order valence-corrected chi connectivity index (χ1v) is 10.4. The van der Waals surface area contributed by atoms with Crippen molar-refractivity contribution in [1.82, 2.24) is 15.5 Å². The zero-order valence-electron chi connectivity index (χ0n) is 17.9. The van der Waals surface area contributed by atoms with Crippen LogP contribution in [0.25, 0.3) is 0 Å². The third kappa shape index (κ3) is 8.74. The number of carbonyl (C=O) groups is 1. The van der Waals surface area contributed by atoms with E-state index in [-0.39, 0.29) is 30.6 Å². The van der Waals surface area contributed by atoms with Crippen molar-refractivity contribution in [3.05, 3.63) is 65.7 Å². The summed E-state index contributed by atoms with van der Waals surface area (Å²) in [5.74, 6) is 0.930. The largest absolute Gasteiger partial charge is 0.484 e. The van der Waals surface area contributed by atoms with E-state index in [0.717, 1.165) is 44.0 Å². The summed E-state index contributed by atoms with van der Waals surface area (Å²) in [6, 6.07) is 18.6. The van der Waals surface area contributed by atoms with Crippen molar-refractivity contribution in [2.24, 2.45) is 10.7 Å². The first-order valence-electron chi connectivity index (χ1n) is 10.4. The van der Waals surface area contributed by atoms with Gasteiger partial charge in [0.15, 0.2) is 12.6 Å². The van der Waals surface area contributed by atoms with Crippen LogP contribution in [0.2, 0.25) is 0 Å². The zero-order chi connectivity index (χ0) is 21.2. The minimum Gasteiger partial charge on any atom is -0.484 e. The fraction of sp³-hybridized carbons (Fsp3) is 0.391. The van der Waals surface area contributed by atoms with Gasteiger partial charge in [-0.1, -0.05) is 42.5 Å². The van der Waals surface area contributed by atoms with E-state index in [1.165, 1.54) is 5.56 Å². The predicted octanol–water partition coefficient (Wildman–Crippen LogP) is 2.50. The SMILES string of the molecule is CN=C(NCc1cccc(OCC(N)=O)c1)NC1CCN(Cc2ccccc2)CC1.I. The van der Waals surface area contributed by atoms with Gasteiger partial charge in [0.2, 0.25) is 0 Å². The maximum atomic E-state index is 10.9. The van der Waals surface area contributed by atoms with Crippen LogP contribution in [0.4, 0.5) is 0 Å². The molecule has 1 saturated heterocycles. The second kappa shape index (κ2) is 13.2. The van der Waals surface area contributed by atoms with E-state index >= 15 is 0 Å². The van der Waals surface area contributed by atoms with Crippen LogP contribution in [0.15, 0.2) is 59.6 Å². The number of hydrogen-bond acceptors (Lipinski definition) is 4. The van der Waals surface area contributed by atoms with E-state index < -0.39 is 5.91 Å². The third-order valence-electron chi connectivity index (χ3n) is 5.14. The lowest BCUT2D eigenvalue weighted by Gasteiger charge is -2.33. The van der Waals surface area contributed by atoms with Crippen LogP contribution in [-0.4, -0.2) is 49.6 Å². The van der Waals surface area contributed by atoms with Crippen molar-refractivity contribution in [3.8, 4) is 5.75 Å². The summed E-state index contributed by atoms with van der Waals surface area (Å²) in [5, 5.41) is 6.89. The smallest absolute Gasteiger partial charge is 0.255 e. The number of nitrogens with two attached hydrogens (primary N) is 1. The monoisotopic (exact) mass is 537 g/mol. The molecule has 0 radical (unpaired) electrons. The molecule has 0 atom stereocenters. The Kier molecular flexibility index (Phi) is 10.6. The molecule has 0 unspecified atom stereocenters. The molecular weight excluding hydrogens is 505 g/mol. The minimum absolute atomic E-state index is 0. The second-order valence-corrected chi connectivity index (χ2v) is 7.51. The average Bonchev–Trinajstić information content (AvgIpc) is 2.77. The topological polar surface area (TPSA) is 92.0 Å². The number of primary amides is 1. The highest BCUT2D eigenvalue weighted by atomic mass is 127. The number of carbonyl (C=O) groups excluding carboxylic acids is 1. The van der Waals surface area contributed by atoms with Crippen molar-refractivity contribution in [3.63, 3.8) is 0 Å². The summed E-state index contributed by atoms with van der Waals surface area (Å²) in [7, 11) is 1.78. The van der Waals surface area contributed by atoms with E-state index in [2.05, 4.69) is 50.9 Å². The number of guanidine groups is 1. The number of hydrogen-bond donors (Lipinski definition) is 3. The fourth-order valence-corrected chi connectivity index (χ4v) is 3.55. The number of benzene rings is 2. The molecule has 8 heteroatoms. The van der Waals surface area contributed by atoms with Crippen LogP contribution in [0.1, 0.15) is 24.0 Å². The quantitative estimate of drug-likeness (QED) is 0.274. The molecule has 0 saturated carbocycles. The summed E-state index contributed by atoms with van der Waals surface area (Å²) in [6.45, 7) is 3.64. The molecule has 0 spiro atoms. The van der Waals surface area contributed by atoms with Gasteiger partial charge in [-0.2, -0.15) is 0 Å². The molecule has 4 N–H and O–H groups in total. The molecular formula is C23H32IN5O2. The van der Waals surface area contributed by atoms with Crippen molar-refractivity contribution >= 4 is 35.8 Å². The van der Waals surface area contributed by atoms with Gasteiger partial charge in [-0.25, -0.2) is 0 Å². The van der Waals surface area contributed by atoms with Crippen LogP contribution in [-0.2, 0) is 17.9 Å². The number of nitrogens with one attached hydrogen (secondary N) is 2. The molecule has 0 aliphatic carbocycles. The molecule has 2 aromatic rings. The van der Waals surface area contributed by atoms with Crippen LogP contribution in [0.5, 0.6) is 5.75 Å². The first kappa shape index (κ1) is 24.9. The van der Waals surface area contributed by atoms with Crippen molar-refractivity contribution in [2.75, 3.05) is 26.7 Å². The van der Waals surface area contributed by atoms with Crippen molar-refractivity contribution < 1.29 is 9.53 Å². The van der Waals surface area contributed by atoms with Crippen molar-refractivity contribution in [2.45, 2.75) is 32.0 Å². The lowest BCUT2D eigenvalue weighted by atomic mass is 10.0. The maximum absolute atomic E-state index is 10.9. The number of ether oxygens (including phenoxy) is 1. The Hall–Kier alpha value is -2.33. The van der Waals surface area contributed by atoms with Gasteiger partial charge in [0, 0.05) is 39.3 Å². The lowest BCUT2D eigenvalue weighted by Crippen LogP contribution is -2.48. The normalized spacial score (nSPS) is 15.1. The number of halogens is 1. The number of aliphatic imine (C=N–C) groups is 1. The first-order chi connectivity index (χ1) is 14.6. The summed E-state index contributed by atoms with van der Waals surface area (Å²) in [6.07, 6.45) is 2.17. The highest BCUT2D eigenvalue weighted by Gasteiger charge is 2.20. The van der Waals surface area contributed by atoms with E-state index in [1.54, 1.807) is 7.05 Å². The van der Waals surface area contributed by atoms with Gasteiger partial charge in [0.05, 0.1) is 0 Å². The Balaban J connectivity index is 0.00000341. The molecule has 0 aromatic heterocycles. The Morgan fingerprint density at radius 2 is 1.84 bits per heavy atom. The number of nitrogens with zero attached hydrogens (tertiary/aromatic N) is 2. The highest BCUT2D eigenvalue weighted by Crippen LogP contribution is 2.15. The van der Waals surface area contributed by atoms with Crippen LogP contribution >= 0.6 is 24.0 Å². The predicted molar refractivity (Wildman–Crippen MR) is 135 cm³/mol. The molecule has 31 heavy (non-hydrogen) atoms. The van der Waals surface area contributed by atoms with Gasteiger partial charge in [-0.05, 0) is 36.1 Å². The molecule has 3 rings (SSSR count). The standard InChI is InChI=1S/C23H31N5O2.HI/c1-25-23(26-15-19-8-5-9-21(14-19)30-17-22(24)29)27-20-10-12-28(13-11-20)16-18-6-3-2-4-7-18;/h2-9,14,20H,10-13,15-17H2,1H3,(H2,24,29)(H2,25,26,27);1H. The summed E-state index contributed by atoms with van der Waals surface area (Å²) in [5.41, 5.74) is 7.53. The van der Waals surface area contributed by atoms with Crippen LogP contribution < -0.4 is 21.1 Å². The number of likely N-dealkylation sites (tertiary alicyclic amines) is 1. The van der Waals surface area contributed by atoms with E-state index in [4.69, 9.17) is 10.5 Å². The van der Waals surface area contributed by atoms with E-state index in [0.29, 0.717) is 18.3 Å². The summed E-state index contributed by atoms with van der Waals surface area (Å²) >= 11 is 0. The number of rotatable bonds is 8. The van der Waals surface area contributed by atoms with Gasteiger partial charge in [-0.15, -0.1) is 24.0 Å². The molecule has 2 aromatic carbocycles. The number of piperidine rings is 1. The highest BCUT2D eigenvalue weighted by molar-refractivity contribution is 14.0. The van der Waals surface area contributed by atoms with Crippen molar-refractivity contribution in [1.29, 1.82) is 0 Å². The molecule has 1 aliphatic rings. The maximum Gasteiger partial charge on any atom is 0.255 e. The second-order valence-electron chi connectivity index (χ2n) is 7.51. The van der Waals surface area contributed by atoms with Gasteiger partial charge < -0.3 is 21.1 Å². The Morgan fingerprint density at radius 1 is 1.13 bits per heavy atom. The van der Waals surface area contributed by atoms with Crippen LogP contribution in [0, 0.1) is 0 Å². The van der Waals surface area contributed by atoms with Gasteiger partial charge in [0.25, 0.3) is 5.91 Å². The van der Waals surface area contributed by atoms with Gasteiger partial charge in [0.1, 0.15) is 5.75 Å². The third-order valence-corrected chi connectivity index (χ3v) is 5.14. The van der Waals surface area contributed by atoms with E-state index in [9.17, 15) is 4.79 Å². The molecule has 1 aliphatic heterocycles. The molecule has 168 valence electrons. The zero-order valence-corrected chi connectivity index (χ0v) is 20.3. The van der Waals surface area contributed by atoms with Crippen LogP contribution in [0.3, 0.4) is 0 Å². The summed E-state index contributed by atoms with van der Waals surface area (Å²) < 4.78 is 5.36. The Labute approximate surface area is 201 Å². The van der Waals surface area contributed by atoms with E-state index in [1.807, 2.05) is 24.3 Å². The molecule has 7 nitrogen and oxygen atoms in total. The minimum atomic E-state index is -0.488.